The molecule has 0 amide bonds. The van der Waals surface area contributed by atoms with Crippen LogP contribution in [0.3, 0.4) is 0 Å². The van der Waals surface area contributed by atoms with Crippen molar-refractivity contribution in [2.45, 2.75) is 166 Å². The summed E-state index contributed by atoms with van der Waals surface area (Å²) in [5.74, 6) is -8.38. The molecular weight excluding hydrogens is 906 g/mol. The number of alkyl halides is 8. The zero-order chi connectivity index (χ0) is 49.5. The summed E-state index contributed by atoms with van der Waals surface area (Å²) in [5.41, 5.74) is 2.09. The lowest BCUT2D eigenvalue weighted by molar-refractivity contribution is -0.190. The van der Waals surface area contributed by atoms with E-state index in [0.717, 1.165) is 106 Å². The smallest absolute Gasteiger partial charge is 0.422 e. The SMILES string of the molecule is CCC1CCC(c2cc(F)c(OC(=O)C(F)(F)F)c(F)c2)CC1.CCCC1CCC(c2ccc(OC(=O)C(F)(F)F)cc2)CC1.CCCC1CCC(c2ccc(OC(=O)C(F)F)cc2F)CC1. The Hall–Kier alpha value is -4.70. The maximum Gasteiger partial charge on any atom is 0.491 e. The van der Waals surface area contributed by atoms with Gasteiger partial charge in [-0.2, -0.15) is 35.1 Å². The predicted molar refractivity (Wildman–Crippen MR) is 228 cm³/mol. The van der Waals surface area contributed by atoms with Crippen LogP contribution >= 0.6 is 0 Å². The van der Waals surface area contributed by atoms with Crippen LogP contribution in [0.2, 0.25) is 0 Å². The Morgan fingerprint density at radius 1 is 0.522 bits per heavy atom. The number of carbonyl (C=O) groups is 3. The fourth-order valence-corrected chi connectivity index (χ4v) is 9.37. The molecule has 3 saturated carbocycles. The van der Waals surface area contributed by atoms with Crippen LogP contribution in [-0.4, -0.2) is 36.7 Å². The lowest BCUT2D eigenvalue weighted by Gasteiger charge is -2.28. The second-order valence-electron chi connectivity index (χ2n) is 17.7. The standard InChI is InChI=1S/2C17H21F3O2.C16H17F5O2/c1-2-3-12-4-6-13(7-5-12)14-8-10-15(11-9-14)22-16(21)17(18,19)20;1-2-3-11-4-6-12(7-5-11)14-9-8-13(10-15(14)18)22-17(21)16(19)20;1-2-9-3-5-10(6-4-9)11-7-12(17)14(13(18)8-11)23-15(22)16(19,20)21/h8-13H,2-7H2,1H3;8-12,16H,2-7H2,1H3;7-10H,2-6H2,1H3. The van der Waals surface area contributed by atoms with Crippen molar-refractivity contribution in [1.29, 1.82) is 0 Å². The van der Waals surface area contributed by atoms with E-state index < -0.39 is 59.9 Å². The number of hydrogen-bond donors (Lipinski definition) is 0. The zero-order valence-corrected chi connectivity index (χ0v) is 37.9. The highest BCUT2D eigenvalue weighted by atomic mass is 19.4. The molecule has 3 aromatic carbocycles. The monoisotopic (exact) mass is 964 g/mol. The third-order valence-corrected chi connectivity index (χ3v) is 13.0. The van der Waals surface area contributed by atoms with Crippen LogP contribution < -0.4 is 14.2 Å². The Bertz CT molecular complexity index is 2010. The summed E-state index contributed by atoms with van der Waals surface area (Å²) in [7, 11) is 0. The number of esters is 3. The second kappa shape index (κ2) is 25.6. The molecule has 0 atom stereocenters. The molecule has 0 aliphatic heterocycles. The van der Waals surface area contributed by atoms with Gasteiger partial charge in [0.2, 0.25) is 5.75 Å². The van der Waals surface area contributed by atoms with E-state index in [1.807, 2.05) is 0 Å². The van der Waals surface area contributed by atoms with E-state index in [4.69, 9.17) is 0 Å². The molecule has 0 spiro atoms. The molecule has 6 rings (SSSR count). The van der Waals surface area contributed by atoms with E-state index in [1.165, 1.54) is 56.7 Å². The number of carbonyl (C=O) groups excluding carboxylic acids is 3. The van der Waals surface area contributed by atoms with Crippen molar-refractivity contribution in [3.05, 3.63) is 88.7 Å². The van der Waals surface area contributed by atoms with Crippen molar-refractivity contribution >= 4 is 17.9 Å². The van der Waals surface area contributed by atoms with Gasteiger partial charge in [0.15, 0.2) is 11.6 Å². The van der Waals surface area contributed by atoms with Gasteiger partial charge in [-0.15, -0.1) is 0 Å². The number of halogens is 11. The van der Waals surface area contributed by atoms with Crippen LogP contribution in [0.5, 0.6) is 17.2 Å². The summed E-state index contributed by atoms with van der Waals surface area (Å²) in [5, 5.41) is 0. The Kier molecular flexibility index (Phi) is 21.0. The van der Waals surface area contributed by atoms with E-state index in [0.29, 0.717) is 23.0 Å². The molecule has 0 heterocycles. The lowest BCUT2D eigenvalue weighted by Crippen LogP contribution is -2.28. The summed E-state index contributed by atoms with van der Waals surface area (Å²) >= 11 is 0. The average molecular weight is 965 g/mol. The fourth-order valence-electron chi connectivity index (χ4n) is 9.37. The van der Waals surface area contributed by atoms with Gasteiger partial charge in [0.05, 0.1) is 0 Å². The molecule has 0 radical (unpaired) electrons. The quantitative estimate of drug-likeness (QED) is 0.102. The van der Waals surface area contributed by atoms with Crippen molar-refractivity contribution in [2.24, 2.45) is 17.8 Å². The van der Waals surface area contributed by atoms with Crippen molar-refractivity contribution in [1.82, 2.24) is 0 Å². The van der Waals surface area contributed by atoms with Crippen LogP contribution in [0.25, 0.3) is 0 Å². The van der Waals surface area contributed by atoms with E-state index in [9.17, 15) is 62.7 Å². The highest BCUT2D eigenvalue weighted by Crippen LogP contribution is 2.41. The largest absolute Gasteiger partial charge is 0.491 e. The highest BCUT2D eigenvalue weighted by molar-refractivity contribution is 5.78. The van der Waals surface area contributed by atoms with Gasteiger partial charge in [-0.3, -0.25) is 0 Å². The van der Waals surface area contributed by atoms with Crippen molar-refractivity contribution in [3.63, 3.8) is 0 Å². The van der Waals surface area contributed by atoms with Gasteiger partial charge in [-0.25, -0.2) is 27.6 Å². The maximum atomic E-state index is 14.2. The molecule has 6 nitrogen and oxygen atoms in total. The molecule has 0 bridgehead atoms. The minimum Gasteiger partial charge on any atom is -0.422 e. The summed E-state index contributed by atoms with van der Waals surface area (Å²) in [4.78, 5) is 32.3. The van der Waals surface area contributed by atoms with Crippen LogP contribution in [0.4, 0.5) is 48.3 Å². The lowest BCUT2D eigenvalue weighted by atomic mass is 9.77. The molecule has 67 heavy (non-hydrogen) atoms. The first-order valence-electron chi connectivity index (χ1n) is 23.1. The zero-order valence-electron chi connectivity index (χ0n) is 37.9. The second-order valence-corrected chi connectivity index (χ2v) is 17.7. The maximum absolute atomic E-state index is 14.2. The van der Waals surface area contributed by atoms with E-state index >= 15 is 0 Å². The number of hydrogen-bond acceptors (Lipinski definition) is 6. The van der Waals surface area contributed by atoms with Gasteiger partial charge in [-0.1, -0.05) is 71.1 Å². The summed E-state index contributed by atoms with van der Waals surface area (Å²) in [6.45, 7) is 6.46. The molecular formula is C50H59F11O6. The third kappa shape index (κ3) is 17.1. The normalized spacial score (nSPS) is 22.1. The van der Waals surface area contributed by atoms with Crippen molar-refractivity contribution in [2.75, 3.05) is 0 Å². The van der Waals surface area contributed by atoms with Gasteiger partial charge < -0.3 is 14.2 Å². The minimum atomic E-state index is -5.31. The summed E-state index contributed by atoms with van der Waals surface area (Å²) in [6, 6.07) is 12.3. The molecule has 3 aliphatic rings. The average Bonchev–Trinajstić information content (AvgIpc) is 3.28. The van der Waals surface area contributed by atoms with Gasteiger partial charge in [0.1, 0.15) is 17.3 Å². The first-order valence-corrected chi connectivity index (χ1v) is 23.1. The Labute approximate surface area is 384 Å². The summed E-state index contributed by atoms with van der Waals surface area (Å²) in [6.07, 6.45) is 4.66. The molecule has 3 aromatic rings. The first kappa shape index (κ1) is 54.9. The Balaban J connectivity index is 0.000000219. The third-order valence-electron chi connectivity index (χ3n) is 13.0. The molecule has 17 heteroatoms. The molecule has 0 aromatic heterocycles. The van der Waals surface area contributed by atoms with Crippen LogP contribution in [0, 0.1) is 35.2 Å². The van der Waals surface area contributed by atoms with Crippen molar-refractivity contribution < 1.29 is 76.9 Å². The van der Waals surface area contributed by atoms with Crippen molar-refractivity contribution in [3.8, 4) is 17.2 Å². The van der Waals surface area contributed by atoms with Gasteiger partial charge in [0.25, 0.3) is 0 Å². The topological polar surface area (TPSA) is 78.9 Å². The van der Waals surface area contributed by atoms with Crippen LogP contribution in [0.1, 0.15) is 164 Å². The van der Waals surface area contributed by atoms with E-state index in [-0.39, 0.29) is 23.3 Å². The molecule has 3 aliphatic carbocycles. The van der Waals surface area contributed by atoms with E-state index in [1.54, 1.807) is 18.2 Å². The highest BCUT2D eigenvalue weighted by Gasteiger charge is 2.43. The number of rotatable bonds is 12. The molecule has 0 N–H and O–H groups in total. The Morgan fingerprint density at radius 2 is 0.955 bits per heavy atom. The van der Waals surface area contributed by atoms with Crippen LogP contribution in [-0.2, 0) is 14.4 Å². The number of ether oxygens (including phenoxy) is 3. The van der Waals surface area contributed by atoms with Gasteiger partial charge in [0, 0.05) is 6.07 Å². The van der Waals surface area contributed by atoms with Gasteiger partial charge >= 0.3 is 36.7 Å². The molecule has 3 fully saturated rings. The predicted octanol–water partition coefficient (Wildman–Crippen LogP) is 15.4. The fraction of sp³-hybridized carbons (Fsp3) is 0.580. The molecule has 0 saturated heterocycles. The molecule has 372 valence electrons. The molecule has 0 unspecified atom stereocenters. The minimum absolute atomic E-state index is 0.0332. The first-order chi connectivity index (χ1) is 31.6. The van der Waals surface area contributed by atoms with Crippen LogP contribution in [0.15, 0.2) is 54.6 Å². The Morgan fingerprint density at radius 3 is 1.39 bits per heavy atom. The number of benzene rings is 3. The van der Waals surface area contributed by atoms with Gasteiger partial charge in [-0.05, 0) is 160 Å². The van der Waals surface area contributed by atoms with E-state index in [2.05, 4.69) is 35.0 Å². The summed E-state index contributed by atoms with van der Waals surface area (Å²) < 4.78 is 151.